The number of aromatic nitrogens is 1. The molecule has 0 saturated carbocycles. The highest BCUT2D eigenvalue weighted by Gasteiger charge is 2.19. The zero-order valence-corrected chi connectivity index (χ0v) is 11.9. The summed E-state index contributed by atoms with van der Waals surface area (Å²) in [6, 6.07) is 3.93. The van der Waals surface area contributed by atoms with E-state index in [4.69, 9.17) is 0 Å². The lowest BCUT2D eigenvalue weighted by Gasteiger charge is -2.14. The van der Waals surface area contributed by atoms with Gasteiger partial charge in [-0.05, 0) is 11.4 Å². The quantitative estimate of drug-likeness (QED) is 0.918. The van der Waals surface area contributed by atoms with Gasteiger partial charge in [-0.25, -0.2) is 4.98 Å². The number of hydrogen-bond acceptors (Lipinski definition) is 4. The highest BCUT2D eigenvalue weighted by Crippen LogP contribution is 2.27. The normalized spacial score (nSPS) is 13.9. The molecule has 17 heavy (non-hydrogen) atoms. The summed E-state index contributed by atoms with van der Waals surface area (Å²) in [7, 11) is 0. The zero-order chi connectivity index (χ0) is 12.5. The maximum atomic E-state index is 10.1. The van der Waals surface area contributed by atoms with Gasteiger partial charge in [0.2, 0.25) is 0 Å². The van der Waals surface area contributed by atoms with Crippen molar-refractivity contribution in [1.82, 2.24) is 4.98 Å². The van der Waals surface area contributed by atoms with Crippen molar-refractivity contribution in [2.45, 2.75) is 38.7 Å². The molecule has 92 valence electrons. The fraction of sp³-hybridized carbons (Fsp3) is 0.462. The molecule has 1 atom stereocenters. The molecule has 0 aliphatic heterocycles. The van der Waals surface area contributed by atoms with Gasteiger partial charge in [-0.2, -0.15) is 0 Å². The maximum Gasteiger partial charge on any atom is 0.0958 e. The predicted octanol–water partition coefficient (Wildman–Crippen LogP) is 3.78. The van der Waals surface area contributed by atoms with Crippen molar-refractivity contribution in [3.8, 4) is 0 Å². The van der Waals surface area contributed by atoms with Gasteiger partial charge in [-0.3, -0.25) is 0 Å². The minimum absolute atomic E-state index is 0.0859. The number of thiophene rings is 1. The number of aliphatic hydroxyl groups is 1. The van der Waals surface area contributed by atoms with Gasteiger partial charge < -0.3 is 5.11 Å². The first-order valence-electron chi connectivity index (χ1n) is 5.63. The lowest BCUT2D eigenvalue weighted by atomic mass is 9.93. The molecular formula is C13H17NOS2. The molecule has 2 heterocycles. The van der Waals surface area contributed by atoms with Gasteiger partial charge in [0.15, 0.2) is 0 Å². The average Bonchev–Trinajstić information content (AvgIpc) is 2.85. The molecule has 0 bridgehead atoms. The van der Waals surface area contributed by atoms with Crippen LogP contribution >= 0.6 is 22.7 Å². The van der Waals surface area contributed by atoms with Gasteiger partial charge in [0.05, 0.1) is 16.8 Å². The topological polar surface area (TPSA) is 33.1 Å². The third kappa shape index (κ3) is 3.15. The van der Waals surface area contributed by atoms with E-state index in [1.165, 1.54) is 0 Å². The molecule has 0 radical (unpaired) electrons. The van der Waals surface area contributed by atoms with Crippen LogP contribution in [0.5, 0.6) is 0 Å². The fourth-order valence-corrected chi connectivity index (χ4v) is 3.27. The van der Waals surface area contributed by atoms with Crippen molar-refractivity contribution in [2.24, 2.45) is 0 Å². The van der Waals surface area contributed by atoms with Crippen LogP contribution in [0.15, 0.2) is 22.9 Å². The van der Waals surface area contributed by atoms with Crippen LogP contribution < -0.4 is 0 Å². The molecule has 2 aromatic heterocycles. The summed E-state index contributed by atoms with van der Waals surface area (Å²) in [5.41, 5.74) is 1.19. The predicted molar refractivity (Wildman–Crippen MR) is 73.8 cm³/mol. The molecule has 2 aromatic rings. The highest BCUT2D eigenvalue weighted by molar-refractivity contribution is 7.10. The third-order valence-electron chi connectivity index (χ3n) is 2.56. The molecule has 0 aromatic carbocycles. The van der Waals surface area contributed by atoms with Crippen LogP contribution in [0.4, 0.5) is 0 Å². The summed E-state index contributed by atoms with van der Waals surface area (Å²) in [6.45, 7) is 6.46. The smallest absolute Gasteiger partial charge is 0.0958 e. The Kier molecular flexibility index (Phi) is 3.66. The van der Waals surface area contributed by atoms with E-state index >= 15 is 0 Å². The zero-order valence-electron chi connectivity index (χ0n) is 10.3. The first kappa shape index (κ1) is 12.7. The van der Waals surface area contributed by atoms with Gasteiger partial charge in [-0.1, -0.05) is 26.8 Å². The second-order valence-electron chi connectivity index (χ2n) is 5.11. The Morgan fingerprint density at radius 3 is 2.65 bits per heavy atom. The van der Waals surface area contributed by atoms with E-state index in [1.807, 2.05) is 17.5 Å². The Balaban J connectivity index is 2.07. The van der Waals surface area contributed by atoms with Crippen molar-refractivity contribution in [2.75, 3.05) is 0 Å². The second kappa shape index (κ2) is 4.88. The third-order valence-corrected chi connectivity index (χ3v) is 4.40. The van der Waals surface area contributed by atoms with Crippen molar-refractivity contribution >= 4 is 22.7 Å². The van der Waals surface area contributed by atoms with Gasteiger partial charge in [-0.15, -0.1) is 22.7 Å². The Hall–Kier alpha value is -0.710. The molecule has 2 nitrogen and oxygen atoms in total. The van der Waals surface area contributed by atoms with Gasteiger partial charge in [0.1, 0.15) is 0 Å². The largest absolute Gasteiger partial charge is 0.387 e. The number of rotatable bonds is 3. The van der Waals surface area contributed by atoms with E-state index in [-0.39, 0.29) is 5.41 Å². The van der Waals surface area contributed by atoms with Crippen molar-refractivity contribution in [3.05, 3.63) is 38.5 Å². The van der Waals surface area contributed by atoms with E-state index in [0.29, 0.717) is 6.42 Å². The molecule has 2 rings (SSSR count). The van der Waals surface area contributed by atoms with Gasteiger partial charge in [0.25, 0.3) is 0 Å². The number of nitrogens with zero attached hydrogens (tertiary/aromatic N) is 1. The Morgan fingerprint density at radius 2 is 2.12 bits per heavy atom. The SMILES string of the molecule is CC(C)(C)c1csc(CC(O)c2cccs2)n1. The molecule has 0 saturated heterocycles. The lowest BCUT2D eigenvalue weighted by Crippen LogP contribution is -2.11. The molecule has 0 fully saturated rings. The van der Waals surface area contributed by atoms with Crippen LogP contribution in [-0.4, -0.2) is 10.1 Å². The molecule has 0 aliphatic rings. The molecule has 0 aliphatic carbocycles. The highest BCUT2D eigenvalue weighted by atomic mass is 32.1. The lowest BCUT2D eigenvalue weighted by molar-refractivity contribution is 0.182. The van der Waals surface area contributed by atoms with Crippen LogP contribution in [0.25, 0.3) is 0 Å². The van der Waals surface area contributed by atoms with Crippen molar-refractivity contribution in [3.63, 3.8) is 0 Å². The second-order valence-corrected chi connectivity index (χ2v) is 7.03. The van der Waals surface area contributed by atoms with Gasteiger partial charge in [0, 0.05) is 22.1 Å². The Morgan fingerprint density at radius 1 is 1.35 bits per heavy atom. The van der Waals surface area contributed by atoms with E-state index in [0.717, 1.165) is 15.6 Å². The first-order chi connectivity index (χ1) is 7.97. The molecular weight excluding hydrogens is 250 g/mol. The molecule has 0 amide bonds. The van der Waals surface area contributed by atoms with Crippen molar-refractivity contribution < 1.29 is 5.11 Å². The summed E-state index contributed by atoms with van der Waals surface area (Å²) in [5, 5.41) is 15.1. The first-order valence-corrected chi connectivity index (χ1v) is 7.39. The van der Waals surface area contributed by atoms with Crippen LogP contribution in [0.3, 0.4) is 0 Å². The summed E-state index contributed by atoms with van der Waals surface area (Å²) in [5.74, 6) is 0. The monoisotopic (exact) mass is 267 g/mol. The minimum Gasteiger partial charge on any atom is -0.387 e. The Labute approximate surface area is 110 Å². The van der Waals surface area contributed by atoms with E-state index < -0.39 is 6.10 Å². The summed E-state index contributed by atoms with van der Waals surface area (Å²) >= 11 is 3.23. The molecule has 1 unspecified atom stereocenters. The van der Waals surface area contributed by atoms with Crippen molar-refractivity contribution in [1.29, 1.82) is 0 Å². The Bertz CT molecular complexity index is 468. The van der Waals surface area contributed by atoms with Crippen LogP contribution in [-0.2, 0) is 11.8 Å². The van der Waals surface area contributed by atoms with Crippen LogP contribution in [0.1, 0.15) is 42.5 Å². The molecule has 1 N–H and O–H groups in total. The summed E-state index contributed by atoms with van der Waals surface area (Å²) < 4.78 is 0. The van der Waals surface area contributed by atoms with Gasteiger partial charge >= 0.3 is 0 Å². The summed E-state index contributed by atoms with van der Waals surface area (Å²) in [6.07, 6.45) is 0.190. The number of aliphatic hydroxyl groups excluding tert-OH is 1. The molecule has 0 spiro atoms. The summed E-state index contributed by atoms with van der Waals surface area (Å²) in [4.78, 5) is 5.61. The molecule has 4 heteroatoms. The number of hydrogen-bond donors (Lipinski definition) is 1. The van der Waals surface area contributed by atoms with E-state index in [2.05, 4.69) is 31.1 Å². The average molecular weight is 267 g/mol. The van der Waals surface area contributed by atoms with E-state index in [9.17, 15) is 5.11 Å². The standard InChI is InChI=1S/C13H17NOS2/c1-13(2,3)11-8-17-12(14-11)7-9(15)10-5-4-6-16-10/h4-6,8-9,15H,7H2,1-3H3. The number of thiazole rings is 1. The maximum absolute atomic E-state index is 10.1. The minimum atomic E-state index is -0.422. The fourth-order valence-electron chi connectivity index (χ4n) is 1.50. The van der Waals surface area contributed by atoms with Crippen LogP contribution in [0.2, 0.25) is 0 Å². The van der Waals surface area contributed by atoms with E-state index in [1.54, 1.807) is 22.7 Å². The van der Waals surface area contributed by atoms with Crippen LogP contribution in [0, 0.1) is 0 Å².